The lowest BCUT2D eigenvalue weighted by molar-refractivity contribution is -0.147. The molecule has 0 aromatic carbocycles. The van der Waals surface area contributed by atoms with Gasteiger partial charge in [0.1, 0.15) is 11.6 Å². The number of hydrogen-bond acceptors (Lipinski definition) is 7. The molecule has 0 spiro atoms. The molecule has 0 aromatic rings. The van der Waals surface area contributed by atoms with Crippen LogP contribution in [0.4, 0.5) is 4.79 Å². The summed E-state index contributed by atoms with van der Waals surface area (Å²) in [4.78, 5) is 64.8. The molecule has 2 rings (SSSR count). The molecule has 0 saturated carbocycles. The van der Waals surface area contributed by atoms with Gasteiger partial charge in [-0.3, -0.25) is 14.4 Å². The van der Waals surface area contributed by atoms with E-state index in [9.17, 15) is 24.0 Å². The number of amides is 4. The summed E-state index contributed by atoms with van der Waals surface area (Å²) in [7, 11) is 0. The molecule has 4 amide bonds. The molecule has 2 aliphatic heterocycles. The van der Waals surface area contributed by atoms with Crippen LogP contribution in [0.15, 0.2) is 0 Å². The number of ether oxygens (including phenoxy) is 2. The van der Waals surface area contributed by atoms with E-state index in [1.54, 1.807) is 16.7 Å². The molecule has 2 aliphatic rings. The van der Waals surface area contributed by atoms with Gasteiger partial charge in [0, 0.05) is 46.1 Å². The van der Waals surface area contributed by atoms with E-state index < -0.39 is 23.5 Å². The lowest BCUT2D eigenvalue weighted by atomic mass is 9.91. The van der Waals surface area contributed by atoms with Gasteiger partial charge in [-0.2, -0.15) is 0 Å². The highest BCUT2D eigenvalue weighted by Gasteiger charge is 2.31. The zero-order valence-corrected chi connectivity index (χ0v) is 23.0. The van der Waals surface area contributed by atoms with Crippen molar-refractivity contribution in [2.24, 2.45) is 11.8 Å². The van der Waals surface area contributed by atoms with Gasteiger partial charge in [-0.05, 0) is 65.7 Å². The normalized spacial score (nSPS) is 19.5. The molecule has 0 radical (unpaired) electrons. The molecule has 37 heavy (non-hydrogen) atoms. The molecule has 0 bridgehead atoms. The highest BCUT2D eigenvalue weighted by atomic mass is 16.6. The second-order valence-corrected chi connectivity index (χ2v) is 10.9. The molecule has 0 aromatic heterocycles. The average molecular weight is 525 g/mol. The molecule has 210 valence electrons. The van der Waals surface area contributed by atoms with E-state index in [2.05, 4.69) is 10.6 Å². The zero-order chi connectivity index (χ0) is 27.6. The zero-order valence-electron chi connectivity index (χ0n) is 23.0. The Hall–Kier alpha value is -2.85. The van der Waals surface area contributed by atoms with Gasteiger partial charge in [-0.1, -0.05) is 0 Å². The van der Waals surface area contributed by atoms with Crippen molar-refractivity contribution in [2.75, 3.05) is 39.3 Å². The molecule has 11 nitrogen and oxygen atoms in total. The third kappa shape index (κ3) is 10.6. The number of carbonyl (C=O) groups excluding carboxylic acids is 5. The Morgan fingerprint density at radius 3 is 2.27 bits per heavy atom. The number of esters is 1. The summed E-state index contributed by atoms with van der Waals surface area (Å²) in [5, 5.41) is 5.23. The van der Waals surface area contributed by atoms with Gasteiger partial charge in [0.2, 0.25) is 17.7 Å². The van der Waals surface area contributed by atoms with E-state index in [-0.39, 0.29) is 37.0 Å². The standard InChI is InChI=1S/C26H44N4O7/c1-6-36-24(34)21(28-18(2)31)16-27-23(33)20-8-7-13-30(17-20)22(32)10-9-19-11-14-29(15-12-19)25(35)37-26(3,4)5/h19-21H,6-17H2,1-5H3,(H,27,33)(H,28,31)/t20-,21+/m1/s1. The summed E-state index contributed by atoms with van der Waals surface area (Å²) in [5.74, 6) is -1.19. The van der Waals surface area contributed by atoms with Crippen LogP contribution in [0.5, 0.6) is 0 Å². The largest absolute Gasteiger partial charge is 0.464 e. The van der Waals surface area contributed by atoms with Gasteiger partial charge < -0.3 is 29.9 Å². The quantitative estimate of drug-likeness (QED) is 0.440. The summed E-state index contributed by atoms with van der Waals surface area (Å²) in [6.45, 7) is 10.8. The van der Waals surface area contributed by atoms with Crippen LogP contribution in [0, 0.1) is 11.8 Å². The van der Waals surface area contributed by atoms with Crippen LogP contribution >= 0.6 is 0 Å². The molecule has 2 fully saturated rings. The van der Waals surface area contributed by atoms with Crippen molar-refractivity contribution in [1.29, 1.82) is 0 Å². The smallest absolute Gasteiger partial charge is 0.410 e. The van der Waals surface area contributed by atoms with E-state index in [0.717, 1.165) is 25.7 Å². The third-order valence-corrected chi connectivity index (χ3v) is 6.61. The lowest BCUT2D eigenvalue weighted by Crippen LogP contribution is -2.51. The maximum atomic E-state index is 12.9. The first-order chi connectivity index (χ1) is 17.4. The number of hydrogen-bond donors (Lipinski definition) is 2. The summed E-state index contributed by atoms with van der Waals surface area (Å²) in [6.07, 6.45) is 3.95. The fraction of sp³-hybridized carbons (Fsp3) is 0.808. The Morgan fingerprint density at radius 2 is 1.68 bits per heavy atom. The van der Waals surface area contributed by atoms with Gasteiger partial charge in [-0.25, -0.2) is 9.59 Å². The van der Waals surface area contributed by atoms with Gasteiger partial charge in [0.05, 0.1) is 12.5 Å². The number of rotatable bonds is 9. The van der Waals surface area contributed by atoms with E-state index in [4.69, 9.17) is 9.47 Å². The predicted octanol–water partition coefficient (Wildman–Crippen LogP) is 1.84. The van der Waals surface area contributed by atoms with Crippen molar-refractivity contribution in [2.45, 2.75) is 84.8 Å². The van der Waals surface area contributed by atoms with Gasteiger partial charge >= 0.3 is 12.1 Å². The van der Waals surface area contributed by atoms with Crippen molar-refractivity contribution in [1.82, 2.24) is 20.4 Å². The van der Waals surface area contributed by atoms with E-state index in [1.807, 2.05) is 20.8 Å². The minimum absolute atomic E-state index is 0.0368. The van der Waals surface area contributed by atoms with Crippen molar-refractivity contribution >= 4 is 29.8 Å². The predicted molar refractivity (Wildman–Crippen MR) is 136 cm³/mol. The first kappa shape index (κ1) is 30.4. The van der Waals surface area contributed by atoms with Crippen LogP contribution < -0.4 is 10.6 Å². The van der Waals surface area contributed by atoms with Crippen LogP contribution in [0.3, 0.4) is 0 Å². The van der Waals surface area contributed by atoms with E-state index in [1.165, 1.54) is 6.92 Å². The molecule has 0 unspecified atom stereocenters. The fourth-order valence-electron chi connectivity index (χ4n) is 4.66. The molecule has 11 heteroatoms. The summed E-state index contributed by atoms with van der Waals surface area (Å²) in [5.41, 5.74) is -0.516. The molecule has 2 N–H and O–H groups in total. The molecule has 2 atom stereocenters. The van der Waals surface area contributed by atoms with Gasteiger partial charge in [-0.15, -0.1) is 0 Å². The SMILES string of the molecule is CCOC(=O)[C@H](CNC(=O)[C@@H]1CCCN(C(=O)CCC2CCN(C(=O)OC(C)(C)C)CC2)C1)NC(C)=O. The van der Waals surface area contributed by atoms with Crippen molar-refractivity contribution in [3.8, 4) is 0 Å². The number of likely N-dealkylation sites (tertiary alicyclic amines) is 2. The maximum Gasteiger partial charge on any atom is 0.410 e. The van der Waals surface area contributed by atoms with Crippen LogP contribution in [0.25, 0.3) is 0 Å². The second-order valence-electron chi connectivity index (χ2n) is 10.9. The van der Waals surface area contributed by atoms with Crippen molar-refractivity contribution in [3.05, 3.63) is 0 Å². The van der Waals surface area contributed by atoms with Crippen molar-refractivity contribution in [3.63, 3.8) is 0 Å². The molecule has 2 saturated heterocycles. The summed E-state index contributed by atoms with van der Waals surface area (Å²) >= 11 is 0. The summed E-state index contributed by atoms with van der Waals surface area (Å²) < 4.78 is 10.4. The Bertz CT molecular complexity index is 818. The second kappa shape index (κ2) is 14.2. The van der Waals surface area contributed by atoms with Crippen LogP contribution in [0.1, 0.15) is 73.1 Å². The average Bonchev–Trinajstić information content (AvgIpc) is 2.84. The Balaban J connectivity index is 1.76. The van der Waals surface area contributed by atoms with Crippen LogP contribution in [0.2, 0.25) is 0 Å². The number of piperidine rings is 2. The first-order valence-electron chi connectivity index (χ1n) is 13.4. The molecule has 0 aliphatic carbocycles. The van der Waals surface area contributed by atoms with E-state index >= 15 is 0 Å². The Morgan fingerprint density at radius 1 is 1.00 bits per heavy atom. The highest BCUT2D eigenvalue weighted by molar-refractivity contribution is 5.85. The minimum atomic E-state index is -0.954. The van der Waals surface area contributed by atoms with Crippen LogP contribution in [-0.2, 0) is 28.7 Å². The number of nitrogens with one attached hydrogen (secondary N) is 2. The molecule has 2 heterocycles. The van der Waals surface area contributed by atoms with E-state index in [0.29, 0.717) is 44.9 Å². The highest BCUT2D eigenvalue weighted by Crippen LogP contribution is 2.25. The van der Waals surface area contributed by atoms with Gasteiger partial charge in [0.25, 0.3) is 0 Å². The maximum absolute atomic E-state index is 12.9. The Kier molecular flexibility index (Phi) is 11.6. The van der Waals surface area contributed by atoms with Crippen molar-refractivity contribution < 1.29 is 33.4 Å². The minimum Gasteiger partial charge on any atom is -0.464 e. The molecular weight excluding hydrogens is 480 g/mol. The topological polar surface area (TPSA) is 134 Å². The fourth-order valence-corrected chi connectivity index (χ4v) is 4.66. The number of nitrogens with zero attached hydrogens (tertiary/aromatic N) is 2. The summed E-state index contributed by atoms with van der Waals surface area (Å²) in [6, 6.07) is -0.954. The monoisotopic (exact) mass is 524 g/mol. The van der Waals surface area contributed by atoms with Gasteiger partial charge in [0.15, 0.2) is 0 Å². The van der Waals surface area contributed by atoms with Crippen LogP contribution in [-0.4, -0.2) is 90.6 Å². The lowest BCUT2D eigenvalue weighted by Gasteiger charge is -2.34. The Labute approximate surface area is 220 Å². The third-order valence-electron chi connectivity index (χ3n) is 6.61. The number of carbonyl (C=O) groups is 5. The first-order valence-corrected chi connectivity index (χ1v) is 13.4. The molecular formula is C26H44N4O7.